The topological polar surface area (TPSA) is 0 Å². The minimum Gasteiger partial charge on any atom is -0.366 e. The maximum absolute atomic E-state index is 7.13. The minimum atomic E-state index is -0.714. The molecule has 2 heterocycles. The molecule has 0 N–H and O–H groups in total. The Labute approximate surface area is 408 Å². The summed E-state index contributed by atoms with van der Waals surface area (Å²) in [5.74, 6) is 4.85. The van der Waals surface area contributed by atoms with E-state index in [1.54, 1.807) is 22.7 Å². The fraction of sp³-hybridized carbons (Fsp3) is 0.0714. The number of hydrogen-bond donors (Lipinski definition) is 0. The molecule has 0 saturated carbocycles. The largest absolute Gasteiger partial charge is 1.00 e. The first-order valence-electron chi connectivity index (χ1n) is 20.3. The van der Waals surface area contributed by atoms with Crippen LogP contribution in [0.15, 0.2) is 206 Å². The number of hydrogen-bond acceptors (Lipinski definition) is 2. The molecule has 10 rings (SSSR count). The molecule has 8 aromatic carbocycles. The van der Waals surface area contributed by atoms with Crippen molar-refractivity contribution in [2.24, 2.45) is 0 Å². The molecule has 2 aromatic heterocycles. The second-order valence-corrected chi connectivity index (χ2v) is 21.9. The van der Waals surface area contributed by atoms with Gasteiger partial charge in [0.1, 0.15) is 0 Å². The van der Waals surface area contributed by atoms with Crippen LogP contribution >= 0.6 is 38.5 Å². The number of rotatable bonds is 9. The molecular weight excluding hydrogens is 1190 g/mol. The average molecular weight is 1240 g/mol. The first-order chi connectivity index (χ1) is 29.7. The molecule has 0 aliphatic heterocycles. The number of unbranched alkanes of at least 4 members (excludes halogenated alkanes) is 1. The van der Waals surface area contributed by atoms with Gasteiger partial charge in [-0.1, -0.05) is 121 Å². The van der Waals surface area contributed by atoms with Gasteiger partial charge in [-0.15, -0.1) is 58.1 Å². The van der Waals surface area contributed by atoms with Crippen molar-refractivity contribution in [3.8, 4) is 11.8 Å². The van der Waals surface area contributed by atoms with Crippen molar-refractivity contribution < 1.29 is 44.8 Å². The smallest absolute Gasteiger partial charge is 0.366 e. The third-order valence-corrected chi connectivity index (χ3v) is 18.8. The van der Waals surface area contributed by atoms with Crippen molar-refractivity contribution in [1.82, 2.24) is 0 Å². The molecule has 0 atom stereocenters. The summed E-state index contributed by atoms with van der Waals surface area (Å²) < 4.78 is 5.10. The van der Waals surface area contributed by atoms with Gasteiger partial charge in [0.2, 0.25) is 0 Å². The third kappa shape index (κ3) is 11.8. The number of thiophene rings is 2. The molecule has 0 bridgehead atoms. The fourth-order valence-electron chi connectivity index (χ4n) is 7.68. The van der Waals surface area contributed by atoms with E-state index in [0.29, 0.717) is 0 Å². The van der Waals surface area contributed by atoms with E-state index in [9.17, 15) is 0 Å². The van der Waals surface area contributed by atoms with E-state index < -0.39 is 15.8 Å². The van der Waals surface area contributed by atoms with Gasteiger partial charge in [-0.3, -0.25) is 11.8 Å². The van der Waals surface area contributed by atoms with E-state index in [0.717, 1.165) is 11.1 Å². The Morgan fingerprint density at radius 1 is 0.339 bits per heavy atom. The van der Waals surface area contributed by atoms with Gasteiger partial charge in [0.15, 0.2) is 0 Å². The molecule has 6 heteroatoms. The summed E-state index contributed by atoms with van der Waals surface area (Å²) in [4.78, 5) is 0. The van der Waals surface area contributed by atoms with Gasteiger partial charge < -0.3 is 12.8 Å². The second-order valence-electron chi connectivity index (χ2n) is 14.5. The van der Waals surface area contributed by atoms with Crippen LogP contribution in [-0.4, -0.2) is 12.3 Å². The predicted octanol–water partition coefficient (Wildman–Crippen LogP) is 13.5. The molecule has 0 spiro atoms. The molecule has 10 aromatic rings. The molecular formula is C56H44Au2P2S2+2. The molecule has 0 fully saturated rings. The van der Waals surface area contributed by atoms with Gasteiger partial charge >= 0.3 is 44.8 Å². The van der Waals surface area contributed by atoms with Crippen LogP contribution < -0.4 is 21.2 Å². The Balaban J connectivity index is 0.000000168. The SMILES string of the molecule is [Au+].[Au+].[C-]#Cc1ccc2c(c1)sc1ccccc12.[C-]#Cc1ccc2sc3ccccc3c2c1.c1ccc([PH+](CCCC[PH+](c2ccccc2)c2ccccc2)c2ccccc2)cc1. The first kappa shape index (κ1) is 47.1. The van der Waals surface area contributed by atoms with Crippen molar-refractivity contribution in [3.63, 3.8) is 0 Å². The third-order valence-electron chi connectivity index (χ3n) is 10.6. The van der Waals surface area contributed by atoms with E-state index >= 15 is 0 Å². The maximum Gasteiger partial charge on any atom is 1.00 e. The van der Waals surface area contributed by atoms with Gasteiger partial charge in [-0.05, 0) is 89.7 Å². The van der Waals surface area contributed by atoms with E-state index in [1.165, 1.54) is 86.7 Å². The monoisotopic (exact) mass is 1240 g/mol. The van der Waals surface area contributed by atoms with Crippen molar-refractivity contribution in [3.05, 3.63) is 230 Å². The fourth-order valence-corrected chi connectivity index (χ4v) is 15.3. The standard InChI is InChI=1S/C28H28P2.2C14H7S.2Au/c1-5-15-25(16-6-1)29(26-17-7-2-8-18-26)23-13-14-24-30(27-19-9-3-10-20-27)28-21-11-4-12-22-28;1-2-10-7-8-14-12(9-10)11-5-3-4-6-13(11)15-14;1-2-10-7-8-12-11-5-3-4-6-13(11)15-14(12)9-10;;/h1-12,15-22H,13-14,23-24H2;2*3-9H;;/q;2*-1;2*+1/p+2. The van der Waals surface area contributed by atoms with Gasteiger partial charge in [0, 0.05) is 24.2 Å². The number of benzene rings is 8. The Hall–Kier alpha value is -4.34. The van der Waals surface area contributed by atoms with Gasteiger partial charge in [0.05, 0.1) is 49.4 Å². The van der Waals surface area contributed by atoms with Crippen LogP contribution in [0.2, 0.25) is 0 Å². The molecule has 0 aliphatic carbocycles. The Morgan fingerprint density at radius 2 is 0.677 bits per heavy atom. The summed E-state index contributed by atoms with van der Waals surface area (Å²) in [6.07, 6.45) is 19.4. The van der Waals surface area contributed by atoms with Crippen LogP contribution in [0.4, 0.5) is 0 Å². The average Bonchev–Trinajstić information content (AvgIpc) is 3.89. The molecule has 0 saturated heterocycles. The van der Waals surface area contributed by atoms with Gasteiger partial charge in [-0.25, -0.2) is 0 Å². The summed E-state index contributed by atoms with van der Waals surface area (Å²) >= 11 is 3.56. The summed E-state index contributed by atoms with van der Waals surface area (Å²) in [6.45, 7) is 0. The number of fused-ring (bicyclic) bond motifs is 6. The van der Waals surface area contributed by atoms with E-state index in [1.807, 2.05) is 24.3 Å². The molecule has 0 unspecified atom stereocenters. The van der Waals surface area contributed by atoms with Crippen LogP contribution in [0.1, 0.15) is 24.0 Å². The Morgan fingerprint density at radius 3 is 1.13 bits per heavy atom. The van der Waals surface area contributed by atoms with Crippen LogP contribution in [0, 0.1) is 24.7 Å². The van der Waals surface area contributed by atoms with Crippen molar-refractivity contribution in [2.45, 2.75) is 12.8 Å². The maximum atomic E-state index is 7.13. The van der Waals surface area contributed by atoms with E-state index in [4.69, 9.17) is 12.8 Å². The van der Waals surface area contributed by atoms with Crippen LogP contribution in [0.3, 0.4) is 0 Å². The van der Waals surface area contributed by atoms with Gasteiger partial charge in [-0.2, -0.15) is 0 Å². The zero-order valence-corrected chi connectivity index (χ0v) is 41.8. The summed E-state index contributed by atoms with van der Waals surface area (Å²) in [7, 11) is -1.43. The zero-order chi connectivity index (χ0) is 40.9. The first-order valence-corrected chi connectivity index (χ1v) is 25.3. The van der Waals surface area contributed by atoms with Crippen LogP contribution in [0.25, 0.3) is 40.3 Å². The van der Waals surface area contributed by atoms with Crippen molar-refractivity contribution >= 4 is 100 Å². The van der Waals surface area contributed by atoms with Crippen LogP contribution in [0.5, 0.6) is 0 Å². The van der Waals surface area contributed by atoms with Crippen LogP contribution in [-0.2, 0) is 44.8 Å². The van der Waals surface area contributed by atoms with Crippen molar-refractivity contribution in [1.29, 1.82) is 0 Å². The molecule has 0 nitrogen and oxygen atoms in total. The normalized spacial score (nSPS) is 10.5. The predicted molar refractivity (Wildman–Crippen MR) is 271 cm³/mol. The zero-order valence-electron chi connectivity index (χ0n) is 33.9. The Kier molecular flexibility index (Phi) is 18.2. The van der Waals surface area contributed by atoms with Gasteiger partial charge in [0.25, 0.3) is 0 Å². The molecule has 0 amide bonds. The molecule has 310 valence electrons. The molecule has 0 radical (unpaired) electrons. The Bertz CT molecular complexity index is 2850. The quantitative estimate of drug-likeness (QED) is 0.0444. The minimum absolute atomic E-state index is 0. The molecule has 62 heavy (non-hydrogen) atoms. The van der Waals surface area contributed by atoms with E-state index in [-0.39, 0.29) is 44.8 Å². The summed E-state index contributed by atoms with van der Waals surface area (Å²) in [5.41, 5.74) is 1.68. The van der Waals surface area contributed by atoms with E-state index in [2.05, 4.69) is 194 Å². The molecule has 0 aliphatic rings. The van der Waals surface area contributed by atoms with Crippen molar-refractivity contribution in [2.75, 3.05) is 12.3 Å². The summed E-state index contributed by atoms with van der Waals surface area (Å²) in [5, 5.41) is 11.2. The second kappa shape index (κ2) is 23.9. The summed E-state index contributed by atoms with van der Waals surface area (Å²) in [6, 6.07) is 73.4.